The maximum atomic E-state index is 14.0. The number of nitrogens with zero attached hydrogens (tertiary/aromatic N) is 1. The average molecular weight is 311 g/mol. The lowest BCUT2D eigenvalue weighted by molar-refractivity contribution is 0.439. The molecule has 2 atom stereocenters. The summed E-state index contributed by atoms with van der Waals surface area (Å²) in [5, 5.41) is 12.0. The van der Waals surface area contributed by atoms with Gasteiger partial charge in [-0.3, -0.25) is 0 Å². The Bertz CT molecular complexity index is 481. The molecule has 1 fully saturated rings. The van der Waals surface area contributed by atoms with Gasteiger partial charge in [0.1, 0.15) is 6.07 Å². The topological polar surface area (TPSA) is 35.8 Å². The van der Waals surface area contributed by atoms with Crippen molar-refractivity contribution in [2.45, 2.75) is 26.2 Å². The second-order valence-electron chi connectivity index (χ2n) is 4.95. The summed E-state index contributed by atoms with van der Waals surface area (Å²) >= 11 is 3.12. The van der Waals surface area contributed by atoms with E-state index >= 15 is 0 Å². The Hall–Kier alpha value is -1.08. The molecule has 2 nitrogen and oxygen atoms in total. The third-order valence-electron chi connectivity index (χ3n) is 3.80. The number of halogens is 2. The summed E-state index contributed by atoms with van der Waals surface area (Å²) in [7, 11) is 0. The number of rotatable bonds is 3. The molecule has 0 amide bonds. The van der Waals surface area contributed by atoms with Gasteiger partial charge in [0.25, 0.3) is 0 Å². The van der Waals surface area contributed by atoms with Gasteiger partial charge >= 0.3 is 0 Å². The van der Waals surface area contributed by atoms with Crippen LogP contribution in [0, 0.1) is 29.0 Å². The molecule has 0 radical (unpaired) electrons. The maximum absolute atomic E-state index is 14.0. The van der Waals surface area contributed by atoms with E-state index in [0.717, 1.165) is 6.54 Å². The standard InChI is InChI=1S/C14H16BrFN2/c1-9-3-2-4-11(9)8-18-12-6-5-10(7-17)13(15)14(12)16/h5-6,9,11,18H,2-4,8H2,1H3. The Morgan fingerprint density at radius 2 is 2.28 bits per heavy atom. The first-order chi connectivity index (χ1) is 8.63. The summed E-state index contributed by atoms with van der Waals surface area (Å²) in [5.41, 5.74) is 0.798. The highest BCUT2D eigenvalue weighted by molar-refractivity contribution is 9.10. The zero-order valence-corrected chi connectivity index (χ0v) is 11.9. The van der Waals surface area contributed by atoms with Crippen molar-refractivity contribution in [1.29, 1.82) is 5.26 Å². The van der Waals surface area contributed by atoms with Gasteiger partial charge in [-0.2, -0.15) is 5.26 Å². The van der Waals surface area contributed by atoms with E-state index in [-0.39, 0.29) is 10.3 Å². The van der Waals surface area contributed by atoms with Crippen LogP contribution in [-0.2, 0) is 0 Å². The number of nitriles is 1. The van der Waals surface area contributed by atoms with Crippen molar-refractivity contribution in [2.24, 2.45) is 11.8 Å². The van der Waals surface area contributed by atoms with Crippen LogP contribution in [0.3, 0.4) is 0 Å². The summed E-state index contributed by atoms with van der Waals surface area (Å²) in [6.07, 6.45) is 3.76. The van der Waals surface area contributed by atoms with Crippen LogP contribution in [0.25, 0.3) is 0 Å². The molecule has 0 aromatic heterocycles. The summed E-state index contributed by atoms with van der Waals surface area (Å²) < 4.78 is 14.2. The van der Waals surface area contributed by atoms with Crippen LogP contribution in [0.15, 0.2) is 16.6 Å². The SMILES string of the molecule is CC1CCCC1CNc1ccc(C#N)c(Br)c1F. The van der Waals surface area contributed by atoms with Crippen molar-refractivity contribution in [3.05, 3.63) is 28.0 Å². The Labute approximate surface area is 115 Å². The highest BCUT2D eigenvalue weighted by atomic mass is 79.9. The first kappa shape index (κ1) is 13.4. The van der Waals surface area contributed by atoms with Gasteiger partial charge in [-0.1, -0.05) is 19.8 Å². The Kier molecular flexibility index (Phi) is 4.23. The van der Waals surface area contributed by atoms with Gasteiger partial charge in [-0.05, 0) is 46.3 Å². The van der Waals surface area contributed by atoms with E-state index in [4.69, 9.17) is 5.26 Å². The van der Waals surface area contributed by atoms with Crippen LogP contribution in [-0.4, -0.2) is 6.54 Å². The molecule has 96 valence electrons. The van der Waals surface area contributed by atoms with Gasteiger partial charge in [-0.25, -0.2) is 4.39 Å². The third-order valence-corrected chi connectivity index (χ3v) is 4.57. The Morgan fingerprint density at radius 1 is 1.50 bits per heavy atom. The van der Waals surface area contributed by atoms with Gasteiger partial charge in [-0.15, -0.1) is 0 Å². The number of nitrogens with one attached hydrogen (secondary N) is 1. The van der Waals surface area contributed by atoms with Gasteiger partial charge in [0.05, 0.1) is 15.7 Å². The molecule has 2 rings (SSSR count). The second kappa shape index (κ2) is 5.71. The highest BCUT2D eigenvalue weighted by Gasteiger charge is 2.23. The van der Waals surface area contributed by atoms with Crippen molar-refractivity contribution >= 4 is 21.6 Å². The average Bonchev–Trinajstić information content (AvgIpc) is 2.77. The molecule has 0 saturated heterocycles. The summed E-state index contributed by atoms with van der Waals surface area (Å²) in [4.78, 5) is 0. The van der Waals surface area contributed by atoms with E-state index < -0.39 is 0 Å². The molecular formula is C14H16BrFN2. The largest absolute Gasteiger partial charge is 0.382 e. The number of hydrogen-bond acceptors (Lipinski definition) is 2. The maximum Gasteiger partial charge on any atom is 0.161 e. The molecule has 0 aliphatic heterocycles. The van der Waals surface area contributed by atoms with Crippen molar-refractivity contribution in [1.82, 2.24) is 0 Å². The van der Waals surface area contributed by atoms with E-state index in [1.807, 2.05) is 6.07 Å². The Morgan fingerprint density at radius 3 is 2.89 bits per heavy atom. The summed E-state index contributed by atoms with van der Waals surface area (Å²) in [6, 6.07) is 5.22. The van der Waals surface area contributed by atoms with E-state index in [1.54, 1.807) is 12.1 Å². The van der Waals surface area contributed by atoms with Crippen LogP contribution >= 0.6 is 15.9 Å². The minimum atomic E-state index is -0.375. The van der Waals surface area contributed by atoms with Crippen molar-refractivity contribution in [3.8, 4) is 6.07 Å². The van der Waals surface area contributed by atoms with Crippen LogP contribution in [0.4, 0.5) is 10.1 Å². The van der Waals surface area contributed by atoms with E-state index in [2.05, 4.69) is 28.2 Å². The lowest BCUT2D eigenvalue weighted by Crippen LogP contribution is -2.17. The van der Waals surface area contributed by atoms with Crippen LogP contribution < -0.4 is 5.32 Å². The van der Waals surface area contributed by atoms with Crippen LogP contribution in [0.2, 0.25) is 0 Å². The fourth-order valence-corrected chi connectivity index (χ4v) is 2.97. The molecule has 0 spiro atoms. The molecule has 1 saturated carbocycles. The van der Waals surface area contributed by atoms with E-state index in [0.29, 0.717) is 23.1 Å². The molecule has 1 aliphatic carbocycles. The Balaban J connectivity index is 2.06. The van der Waals surface area contributed by atoms with Crippen LogP contribution in [0.5, 0.6) is 0 Å². The highest BCUT2D eigenvalue weighted by Crippen LogP contribution is 2.32. The van der Waals surface area contributed by atoms with Crippen LogP contribution in [0.1, 0.15) is 31.7 Å². The molecule has 0 heterocycles. The lowest BCUT2D eigenvalue weighted by atomic mass is 9.98. The molecule has 4 heteroatoms. The zero-order valence-electron chi connectivity index (χ0n) is 10.3. The van der Waals surface area contributed by atoms with Gasteiger partial charge in [0.15, 0.2) is 5.82 Å². The minimum Gasteiger partial charge on any atom is -0.382 e. The van der Waals surface area contributed by atoms with Gasteiger partial charge < -0.3 is 5.32 Å². The van der Waals surface area contributed by atoms with Crippen molar-refractivity contribution in [2.75, 3.05) is 11.9 Å². The summed E-state index contributed by atoms with van der Waals surface area (Å²) in [5.74, 6) is 0.959. The fraction of sp³-hybridized carbons (Fsp3) is 0.500. The first-order valence-electron chi connectivity index (χ1n) is 6.25. The van der Waals surface area contributed by atoms with Gasteiger partial charge in [0, 0.05) is 6.54 Å². The normalized spacial score (nSPS) is 22.8. The fourth-order valence-electron chi connectivity index (χ4n) is 2.54. The van der Waals surface area contributed by atoms with Crippen molar-refractivity contribution < 1.29 is 4.39 Å². The molecule has 1 N–H and O–H groups in total. The minimum absolute atomic E-state index is 0.245. The van der Waals surface area contributed by atoms with Crippen molar-refractivity contribution in [3.63, 3.8) is 0 Å². The number of hydrogen-bond donors (Lipinski definition) is 1. The van der Waals surface area contributed by atoms with E-state index in [9.17, 15) is 4.39 Å². The molecule has 0 bridgehead atoms. The predicted octanol–water partition coefficient (Wildman–Crippen LogP) is 4.31. The molecule has 1 aromatic carbocycles. The smallest absolute Gasteiger partial charge is 0.161 e. The summed E-state index contributed by atoms with van der Waals surface area (Å²) in [6.45, 7) is 3.06. The molecule has 18 heavy (non-hydrogen) atoms. The third kappa shape index (κ3) is 2.67. The first-order valence-corrected chi connectivity index (χ1v) is 7.04. The van der Waals surface area contributed by atoms with E-state index in [1.165, 1.54) is 19.3 Å². The van der Waals surface area contributed by atoms with Gasteiger partial charge in [0.2, 0.25) is 0 Å². The lowest BCUT2D eigenvalue weighted by Gasteiger charge is -2.17. The monoisotopic (exact) mass is 310 g/mol. The predicted molar refractivity (Wildman–Crippen MR) is 73.8 cm³/mol. The number of anilines is 1. The quantitative estimate of drug-likeness (QED) is 0.903. The molecular weight excluding hydrogens is 295 g/mol. The molecule has 1 aromatic rings. The second-order valence-corrected chi connectivity index (χ2v) is 5.74. The number of benzene rings is 1. The molecule has 1 aliphatic rings. The zero-order chi connectivity index (χ0) is 13.1. The molecule has 2 unspecified atom stereocenters.